The van der Waals surface area contributed by atoms with Crippen molar-refractivity contribution in [1.29, 1.82) is 0 Å². The molecule has 2 N–H and O–H groups in total. The molecule has 2 aromatic rings. The van der Waals surface area contributed by atoms with Crippen molar-refractivity contribution in [2.24, 2.45) is 0 Å². The van der Waals surface area contributed by atoms with Crippen LogP contribution in [0.15, 0.2) is 18.2 Å². The van der Waals surface area contributed by atoms with Crippen LogP contribution in [0.5, 0.6) is 5.88 Å². The Balaban J connectivity index is 2.03. The molecule has 7 nitrogen and oxygen atoms in total. The Morgan fingerprint density at radius 1 is 1.00 bits per heavy atom. The Hall–Kier alpha value is -2.28. The second kappa shape index (κ2) is 12.3. The summed E-state index contributed by atoms with van der Waals surface area (Å²) in [7, 11) is 0. The summed E-state index contributed by atoms with van der Waals surface area (Å²) in [5.74, 6) is 0.0869. The average molecular weight is 423 g/mol. The minimum Gasteiger partial charge on any atom is -0.389 e. The number of amides is 2. The van der Waals surface area contributed by atoms with Crippen molar-refractivity contribution >= 4 is 34.6 Å². The molecule has 0 aliphatic rings. The minimum atomic E-state index is -0.581. The second-order valence-corrected chi connectivity index (χ2v) is 7.48. The van der Waals surface area contributed by atoms with Gasteiger partial charge in [-0.15, -0.1) is 5.10 Å². The summed E-state index contributed by atoms with van der Waals surface area (Å²) in [5, 5.41) is 10.8. The van der Waals surface area contributed by atoms with Crippen LogP contribution in [0.25, 0.3) is 10.9 Å². The van der Waals surface area contributed by atoms with Gasteiger partial charge in [-0.05, 0) is 31.0 Å². The van der Waals surface area contributed by atoms with E-state index < -0.39 is 6.09 Å². The first-order valence-corrected chi connectivity index (χ1v) is 10.9. The van der Waals surface area contributed by atoms with Crippen molar-refractivity contribution in [3.8, 4) is 5.88 Å². The second-order valence-electron chi connectivity index (χ2n) is 7.05. The van der Waals surface area contributed by atoms with Gasteiger partial charge in [-0.25, -0.2) is 9.59 Å². The molecule has 0 spiro atoms. The number of aromatic nitrogens is 2. The average Bonchev–Trinajstić information content (AvgIpc) is 3.05. The highest BCUT2D eigenvalue weighted by molar-refractivity contribution is 6.31. The van der Waals surface area contributed by atoms with Gasteiger partial charge >= 0.3 is 12.1 Å². The summed E-state index contributed by atoms with van der Waals surface area (Å²) in [6.07, 6.45) is 7.90. The Kier molecular flexibility index (Phi) is 9.77. The SMILES string of the molecule is CCCCCCNC(=O)Oc1nn(C(=O)NCCCCCC)c2cc(Cl)ccc12. The van der Waals surface area contributed by atoms with E-state index in [4.69, 9.17) is 16.3 Å². The van der Waals surface area contributed by atoms with E-state index >= 15 is 0 Å². The van der Waals surface area contributed by atoms with Crippen LogP contribution in [0.3, 0.4) is 0 Å². The zero-order valence-corrected chi connectivity index (χ0v) is 18.1. The smallest absolute Gasteiger partial charge is 0.389 e. The number of unbranched alkanes of at least 4 members (excludes halogenated alkanes) is 6. The topological polar surface area (TPSA) is 85.2 Å². The molecule has 0 saturated carbocycles. The molecule has 1 heterocycles. The molecular weight excluding hydrogens is 392 g/mol. The third-order valence-electron chi connectivity index (χ3n) is 4.60. The quantitative estimate of drug-likeness (QED) is 0.468. The molecule has 0 atom stereocenters. The van der Waals surface area contributed by atoms with Crippen LogP contribution in [0.2, 0.25) is 5.02 Å². The zero-order valence-electron chi connectivity index (χ0n) is 17.3. The van der Waals surface area contributed by atoms with Crippen LogP contribution in [0.1, 0.15) is 65.2 Å². The highest BCUT2D eigenvalue weighted by Crippen LogP contribution is 2.27. The summed E-state index contributed by atoms with van der Waals surface area (Å²) in [4.78, 5) is 24.7. The van der Waals surface area contributed by atoms with Gasteiger partial charge in [-0.1, -0.05) is 64.0 Å². The number of ether oxygens (including phenoxy) is 1. The van der Waals surface area contributed by atoms with Crippen molar-refractivity contribution in [1.82, 2.24) is 20.4 Å². The van der Waals surface area contributed by atoms with Gasteiger partial charge in [-0.2, -0.15) is 4.68 Å². The Labute approximate surface area is 177 Å². The summed E-state index contributed by atoms with van der Waals surface area (Å²) in [5.41, 5.74) is 0.495. The summed E-state index contributed by atoms with van der Waals surface area (Å²) in [6, 6.07) is 4.63. The summed E-state index contributed by atoms with van der Waals surface area (Å²) >= 11 is 6.09. The summed E-state index contributed by atoms with van der Waals surface area (Å²) < 4.78 is 6.56. The fourth-order valence-corrected chi connectivity index (χ4v) is 3.14. The predicted molar refractivity (Wildman–Crippen MR) is 116 cm³/mol. The number of hydrogen-bond acceptors (Lipinski definition) is 4. The van der Waals surface area contributed by atoms with Crippen molar-refractivity contribution in [2.75, 3.05) is 13.1 Å². The highest BCUT2D eigenvalue weighted by Gasteiger charge is 2.19. The monoisotopic (exact) mass is 422 g/mol. The van der Waals surface area contributed by atoms with Crippen LogP contribution < -0.4 is 15.4 Å². The van der Waals surface area contributed by atoms with Gasteiger partial charge in [0.2, 0.25) is 0 Å². The highest BCUT2D eigenvalue weighted by atomic mass is 35.5. The third-order valence-corrected chi connectivity index (χ3v) is 4.83. The Morgan fingerprint density at radius 2 is 1.66 bits per heavy atom. The molecule has 0 saturated heterocycles. The van der Waals surface area contributed by atoms with Crippen molar-refractivity contribution < 1.29 is 14.3 Å². The molecule has 160 valence electrons. The van der Waals surface area contributed by atoms with E-state index in [2.05, 4.69) is 29.6 Å². The van der Waals surface area contributed by atoms with Gasteiger partial charge in [-0.3, -0.25) is 0 Å². The van der Waals surface area contributed by atoms with Crippen molar-refractivity contribution in [3.05, 3.63) is 23.2 Å². The van der Waals surface area contributed by atoms with Crippen LogP contribution in [0.4, 0.5) is 9.59 Å². The van der Waals surface area contributed by atoms with E-state index in [0.717, 1.165) is 51.4 Å². The lowest BCUT2D eigenvalue weighted by molar-refractivity contribution is 0.198. The van der Waals surface area contributed by atoms with Gasteiger partial charge < -0.3 is 15.4 Å². The molecule has 2 rings (SSSR count). The van der Waals surface area contributed by atoms with Crippen LogP contribution in [-0.2, 0) is 0 Å². The first kappa shape index (κ1) is 23.0. The number of fused-ring (bicyclic) bond motifs is 1. The number of carbonyl (C=O) groups excluding carboxylic acids is 2. The van der Waals surface area contributed by atoms with E-state index in [-0.39, 0.29) is 11.9 Å². The number of halogens is 1. The van der Waals surface area contributed by atoms with Gasteiger partial charge in [0.05, 0.1) is 10.9 Å². The molecule has 8 heteroatoms. The number of benzene rings is 1. The third kappa shape index (κ3) is 7.24. The van der Waals surface area contributed by atoms with Gasteiger partial charge in [0.15, 0.2) is 0 Å². The lowest BCUT2D eigenvalue weighted by Gasteiger charge is -2.05. The first-order chi connectivity index (χ1) is 14.1. The number of carbonyl (C=O) groups is 2. The number of nitrogens with one attached hydrogen (secondary N) is 2. The molecule has 1 aromatic carbocycles. The minimum absolute atomic E-state index is 0.0869. The molecule has 1 aromatic heterocycles. The van der Waals surface area contributed by atoms with Crippen molar-refractivity contribution in [2.45, 2.75) is 65.2 Å². The fourth-order valence-electron chi connectivity index (χ4n) is 2.98. The molecule has 0 aliphatic carbocycles. The van der Waals surface area contributed by atoms with E-state index in [0.29, 0.717) is 29.0 Å². The molecule has 2 amide bonds. The standard InChI is InChI=1S/C21H31ClN4O3/c1-3-5-7-9-13-23-20(27)26-18-15-16(22)11-12-17(18)19(25-26)29-21(28)24-14-10-8-6-4-2/h11-12,15H,3-10,13-14H2,1-2H3,(H,23,27)(H,24,28). The number of hydrogen-bond donors (Lipinski definition) is 2. The van der Waals surface area contributed by atoms with Gasteiger partial charge in [0.25, 0.3) is 5.88 Å². The Morgan fingerprint density at radius 3 is 2.31 bits per heavy atom. The van der Waals surface area contributed by atoms with Gasteiger partial charge in [0, 0.05) is 18.1 Å². The molecular formula is C21H31ClN4O3. The van der Waals surface area contributed by atoms with E-state index in [1.807, 2.05) is 0 Å². The molecule has 0 fully saturated rings. The largest absolute Gasteiger partial charge is 0.414 e. The normalized spacial score (nSPS) is 10.9. The molecule has 0 bridgehead atoms. The van der Waals surface area contributed by atoms with E-state index in [1.54, 1.807) is 18.2 Å². The number of rotatable bonds is 11. The number of nitrogens with zero attached hydrogens (tertiary/aromatic N) is 2. The molecule has 0 unspecified atom stereocenters. The first-order valence-electron chi connectivity index (χ1n) is 10.5. The summed E-state index contributed by atoms with van der Waals surface area (Å²) in [6.45, 7) is 5.38. The lowest BCUT2D eigenvalue weighted by atomic mass is 10.2. The van der Waals surface area contributed by atoms with E-state index in [9.17, 15) is 9.59 Å². The lowest BCUT2D eigenvalue weighted by Crippen LogP contribution is -2.30. The molecule has 0 radical (unpaired) electrons. The van der Waals surface area contributed by atoms with Crippen molar-refractivity contribution in [3.63, 3.8) is 0 Å². The maximum absolute atomic E-state index is 12.6. The Bertz CT molecular complexity index is 807. The van der Waals surface area contributed by atoms with Crippen LogP contribution in [-0.4, -0.2) is 35.0 Å². The zero-order chi connectivity index (χ0) is 21.1. The van der Waals surface area contributed by atoms with E-state index in [1.165, 1.54) is 4.68 Å². The maximum Gasteiger partial charge on any atom is 0.414 e. The van der Waals surface area contributed by atoms with Crippen LogP contribution in [0, 0.1) is 0 Å². The molecule has 0 aliphatic heterocycles. The van der Waals surface area contributed by atoms with Gasteiger partial charge in [0.1, 0.15) is 0 Å². The fraction of sp³-hybridized carbons (Fsp3) is 0.571. The van der Waals surface area contributed by atoms with Crippen LogP contribution >= 0.6 is 11.6 Å². The maximum atomic E-state index is 12.6. The molecule has 29 heavy (non-hydrogen) atoms. The predicted octanol–water partition coefficient (Wildman–Crippen LogP) is 5.50.